The smallest absolute Gasteiger partial charge is 0.240 e. The number of benzene rings is 3. The van der Waals surface area contributed by atoms with Gasteiger partial charge in [-0.1, -0.05) is 57.2 Å². The highest BCUT2D eigenvalue weighted by atomic mass is 16.7. The number of aromatic amines is 2. The lowest BCUT2D eigenvalue weighted by atomic mass is 10.00. The fourth-order valence-corrected chi connectivity index (χ4v) is 7.63. The Kier molecular flexibility index (Phi) is 7.44. The van der Waals surface area contributed by atoms with Gasteiger partial charge in [-0.3, -0.25) is 9.69 Å². The standard InChI is InChI=1S/C37H43N7O3/c1-21(2)33(38)36(45)44-19-22(3)15-31(44)34-39-27-11-9-25(16-29(27)41-34)23-5-7-24(8-6-23)26-10-12-28-30(17-26)42-35(40-28)32-18-37(20-43(32)4)46-13-14-47-37/h5-12,16-17,21-22,31-33H,13-15,18-20,38H2,1-4H3,(H,39,41)(H,40,42). The average Bonchev–Trinajstić information content (AvgIpc) is 3.90. The van der Waals surface area contributed by atoms with Crippen molar-refractivity contribution in [1.29, 1.82) is 0 Å². The Labute approximate surface area is 274 Å². The number of nitrogens with zero attached hydrogens (tertiary/aromatic N) is 4. The van der Waals surface area contributed by atoms with Crippen LogP contribution in [0.5, 0.6) is 0 Å². The van der Waals surface area contributed by atoms with Gasteiger partial charge in [-0.2, -0.15) is 0 Å². The van der Waals surface area contributed by atoms with Crippen molar-refractivity contribution in [2.45, 2.75) is 57.5 Å². The second-order valence-corrected chi connectivity index (χ2v) is 14.1. The maximum atomic E-state index is 13.2. The minimum atomic E-state index is -0.506. The van der Waals surface area contributed by atoms with Crippen LogP contribution in [0.1, 0.15) is 57.3 Å². The highest BCUT2D eigenvalue weighted by Crippen LogP contribution is 2.41. The molecule has 3 aromatic carbocycles. The average molecular weight is 634 g/mol. The molecule has 0 aliphatic carbocycles. The molecule has 10 nitrogen and oxygen atoms in total. The summed E-state index contributed by atoms with van der Waals surface area (Å²) >= 11 is 0. The van der Waals surface area contributed by atoms with Crippen LogP contribution in [0, 0.1) is 11.8 Å². The first kappa shape index (κ1) is 30.3. The van der Waals surface area contributed by atoms with Gasteiger partial charge in [-0.05, 0) is 71.8 Å². The van der Waals surface area contributed by atoms with Gasteiger partial charge in [0.1, 0.15) is 11.6 Å². The number of ether oxygens (including phenoxy) is 2. The number of rotatable bonds is 6. The number of hydrogen-bond donors (Lipinski definition) is 3. The molecule has 8 rings (SSSR count). The lowest BCUT2D eigenvalue weighted by molar-refractivity contribution is -0.145. The van der Waals surface area contributed by atoms with Crippen LogP contribution in [0.4, 0.5) is 0 Å². The summed E-state index contributed by atoms with van der Waals surface area (Å²) in [6.07, 6.45) is 1.65. The Balaban J connectivity index is 1.01. The Morgan fingerprint density at radius 2 is 1.40 bits per heavy atom. The van der Waals surface area contributed by atoms with E-state index in [9.17, 15) is 4.79 Å². The predicted molar refractivity (Wildman–Crippen MR) is 182 cm³/mol. The van der Waals surface area contributed by atoms with Gasteiger partial charge in [0, 0.05) is 13.0 Å². The SMILES string of the molecule is CC1CC(c2nc3ccc(-c4ccc(-c5ccc6nc(C7CC8(CN7C)OCCO8)[nH]c6c5)cc4)cc3[nH]2)N(C(=O)C(N)C(C)C)C1. The highest BCUT2D eigenvalue weighted by molar-refractivity contribution is 5.85. The van der Waals surface area contributed by atoms with Gasteiger partial charge in [0.25, 0.3) is 0 Å². The van der Waals surface area contributed by atoms with Gasteiger partial charge >= 0.3 is 0 Å². The largest absolute Gasteiger partial charge is 0.346 e. The molecule has 4 N–H and O–H groups in total. The molecule has 3 saturated heterocycles. The Morgan fingerprint density at radius 3 is 1.96 bits per heavy atom. The van der Waals surface area contributed by atoms with E-state index in [0.29, 0.717) is 25.7 Å². The van der Waals surface area contributed by atoms with Crippen LogP contribution >= 0.6 is 0 Å². The van der Waals surface area contributed by atoms with E-state index in [1.54, 1.807) is 0 Å². The molecule has 10 heteroatoms. The third-order valence-electron chi connectivity index (χ3n) is 10.3. The summed E-state index contributed by atoms with van der Waals surface area (Å²) in [6, 6.07) is 20.9. The van der Waals surface area contributed by atoms with E-state index < -0.39 is 11.8 Å². The third kappa shape index (κ3) is 5.43. The Morgan fingerprint density at radius 1 is 0.872 bits per heavy atom. The summed E-state index contributed by atoms with van der Waals surface area (Å²) in [5, 5.41) is 0. The zero-order valence-corrected chi connectivity index (χ0v) is 27.5. The van der Waals surface area contributed by atoms with Crippen LogP contribution in [0.3, 0.4) is 0 Å². The molecule has 3 fully saturated rings. The molecule has 1 amide bonds. The number of fused-ring (bicyclic) bond motifs is 2. The van der Waals surface area contributed by atoms with Crippen molar-refractivity contribution >= 4 is 28.0 Å². The molecule has 0 saturated carbocycles. The predicted octanol–water partition coefficient (Wildman–Crippen LogP) is 5.79. The number of aromatic nitrogens is 4. The first-order chi connectivity index (χ1) is 22.7. The quantitative estimate of drug-likeness (QED) is 0.216. The molecule has 5 heterocycles. The van der Waals surface area contributed by atoms with Crippen LogP contribution in [0.25, 0.3) is 44.3 Å². The van der Waals surface area contributed by atoms with Gasteiger partial charge in [0.2, 0.25) is 5.91 Å². The zero-order valence-electron chi connectivity index (χ0n) is 27.5. The van der Waals surface area contributed by atoms with Crippen molar-refractivity contribution in [2.75, 3.05) is 33.4 Å². The minimum absolute atomic E-state index is 0.00607. The van der Waals surface area contributed by atoms with Gasteiger partial charge in [-0.15, -0.1) is 0 Å². The van der Waals surface area contributed by atoms with Crippen molar-refractivity contribution in [3.8, 4) is 22.3 Å². The monoisotopic (exact) mass is 633 g/mol. The molecule has 2 aromatic heterocycles. The number of nitrogens with one attached hydrogen (secondary N) is 2. The van der Waals surface area contributed by atoms with Crippen LogP contribution < -0.4 is 5.73 Å². The van der Waals surface area contributed by atoms with E-state index in [1.165, 1.54) is 0 Å². The normalized spacial score (nSPS) is 23.6. The summed E-state index contributed by atoms with van der Waals surface area (Å²) in [5.41, 5.74) is 14.6. The molecular formula is C37H43N7O3. The number of imidazole rings is 2. The first-order valence-electron chi connectivity index (χ1n) is 16.8. The van der Waals surface area contributed by atoms with E-state index >= 15 is 0 Å². The molecule has 5 aromatic rings. The Bertz CT molecular complexity index is 1940. The maximum absolute atomic E-state index is 13.2. The molecule has 3 aliphatic rings. The van der Waals surface area contributed by atoms with Crippen LogP contribution in [0.2, 0.25) is 0 Å². The van der Waals surface area contributed by atoms with Crippen molar-refractivity contribution < 1.29 is 14.3 Å². The zero-order chi connectivity index (χ0) is 32.4. The van der Waals surface area contributed by atoms with Crippen molar-refractivity contribution in [3.63, 3.8) is 0 Å². The van der Waals surface area contributed by atoms with E-state index in [4.69, 9.17) is 25.2 Å². The van der Waals surface area contributed by atoms with Gasteiger partial charge < -0.3 is 30.1 Å². The summed E-state index contributed by atoms with van der Waals surface area (Å²) in [5.74, 6) is 1.76. The molecule has 0 radical (unpaired) electrons. The molecule has 4 atom stereocenters. The topological polar surface area (TPSA) is 125 Å². The van der Waals surface area contributed by atoms with E-state index in [-0.39, 0.29) is 23.9 Å². The van der Waals surface area contributed by atoms with Crippen molar-refractivity contribution in [3.05, 3.63) is 72.3 Å². The summed E-state index contributed by atoms with van der Waals surface area (Å²) in [4.78, 5) is 34.4. The van der Waals surface area contributed by atoms with E-state index in [0.717, 1.165) is 75.4 Å². The maximum Gasteiger partial charge on any atom is 0.240 e. The first-order valence-corrected chi connectivity index (χ1v) is 16.8. The number of carbonyl (C=O) groups excluding carboxylic acids is 1. The number of likely N-dealkylation sites (N-methyl/N-ethyl adjacent to an activating group) is 1. The summed E-state index contributed by atoms with van der Waals surface area (Å²) in [7, 11) is 2.10. The summed E-state index contributed by atoms with van der Waals surface area (Å²) < 4.78 is 11.9. The van der Waals surface area contributed by atoms with Crippen LogP contribution in [-0.4, -0.2) is 80.8 Å². The second kappa shape index (κ2) is 11.6. The number of amides is 1. The van der Waals surface area contributed by atoms with Crippen LogP contribution in [0.15, 0.2) is 60.7 Å². The molecule has 1 spiro atoms. The second-order valence-electron chi connectivity index (χ2n) is 14.1. The van der Waals surface area contributed by atoms with Crippen molar-refractivity contribution in [2.24, 2.45) is 17.6 Å². The number of nitrogens with two attached hydrogens (primary N) is 1. The Hall–Kier alpha value is -4.09. The van der Waals surface area contributed by atoms with Crippen LogP contribution in [-0.2, 0) is 14.3 Å². The van der Waals surface area contributed by atoms with Gasteiger partial charge in [-0.25, -0.2) is 9.97 Å². The fraction of sp³-hybridized carbons (Fsp3) is 0.432. The molecule has 3 aliphatic heterocycles. The van der Waals surface area contributed by atoms with E-state index in [1.807, 2.05) is 18.7 Å². The lowest BCUT2D eigenvalue weighted by Crippen LogP contribution is -2.46. The van der Waals surface area contributed by atoms with Gasteiger partial charge in [0.15, 0.2) is 5.79 Å². The highest BCUT2D eigenvalue weighted by Gasteiger charge is 2.48. The lowest BCUT2D eigenvalue weighted by Gasteiger charge is -2.27. The third-order valence-corrected chi connectivity index (χ3v) is 10.3. The molecule has 0 bridgehead atoms. The molecule has 47 heavy (non-hydrogen) atoms. The molecule has 4 unspecified atom stereocenters. The fourth-order valence-electron chi connectivity index (χ4n) is 7.63. The number of likely N-dealkylation sites (tertiary alicyclic amines) is 2. The molecular weight excluding hydrogens is 590 g/mol. The van der Waals surface area contributed by atoms with E-state index in [2.05, 4.69) is 89.5 Å². The number of hydrogen-bond acceptors (Lipinski definition) is 7. The van der Waals surface area contributed by atoms with Crippen molar-refractivity contribution in [1.82, 2.24) is 29.7 Å². The number of H-pyrrole nitrogens is 2. The molecule has 244 valence electrons. The minimum Gasteiger partial charge on any atom is -0.346 e. The number of carbonyl (C=O) groups is 1. The summed E-state index contributed by atoms with van der Waals surface area (Å²) in [6.45, 7) is 8.92. The van der Waals surface area contributed by atoms with Gasteiger partial charge in [0.05, 0.1) is 60.0 Å².